The van der Waals surface area contributed by atoms with Crippen LogP contribution in [0.15, 0.2) is 124 Å². The lowest BCUT2D eigenvalue weighted by Gasteiger charge is -2.21. The molecule has 6 nitrogen and oxygen atoms in total. The molecule has 0 bridgehead atoms. The van der Waals surface area contributed by atoms with Gasteiger partial charge in [0, 0.05) is 33.9 Å². The van der Waals surface area contributed by atoms with E-state index in [-0.39, 0.29) is 5.41 Å². The molecule has 5 aromatic carbocycles. The number of hydrogen-bond donors (Lipinski definition) is 1. The van der Waals surface area contributed by atoms with Gasteiger partial charge in [-0.05, 0) is 70.8 Å². The van der Waals surface area contributed by atoms with Gasteiger partial charge in [0.25, 0.3) is 0 Å². The third-order valence-electron chi connectivity index (χ3n) is 8.75. The Bertz CT molecular complexity index is 2230. The van der Waals surface area contributed by atoms with E-state index in [1.54, 1.807) is 0 Å². The zero-order valence-corrected chi connectivity index (χ0v) is 24.1. The quantitative estimate of drug-likeness (QED) is 0.228. The Morgan fingerprint density at radius 2 is 1.14 bits per heavy atom. The minimum atomic E-state index is -0.0836. The van der Waals surface area contributed by atoms with Crippen molar-refractivity contribution in [3.63, 3.8) is 0 Å². The molecule has 44 heavy (non-hydrogen) atoms. The largest absolute Gasteiger partial charge is 0.436 e. The van der Waals surface area contributed by atoms with Gasteiger partial charge in [0.05, 0.1) is 5.69 Å². The fourth-order valence-electron chi connectivity index (χ4n) is 6.48. The van der Waals surface area contributed by atoms with Gasteiger partial charge >= 0.3 is 0 Å². The molecule has 3 heterocycles. The number of rotatable bonds is 4. The van der Waals surface area contributed by atoms with Gasteiger partial charge in [-0.3, -0.25) is 0 Å². The molecule has 8 aromatic rings. The molecule has 9 rings (SSSR count). The number of oxazole rings is 2. The smallest absolute Gasteiger partial charge is 0.227 e. The lowest BCUT2D eigenvalue weighted by molar-refractivity contribution is 0.617. The Kier molecular flexibility index (Phi) is 5.14. The van der Waals surface area contributed by atoms with E-state index in [2.05, 4.69) is 73.4 Å². The van der Waals surface area contributed by atoms with E-state index in [0.29, 0.717) is 11.8 Å². The van der Waals surface area contributed by atoms with E-state index >= 15 is 0 Å². The Morgan fingerprint density at radius 3 is 1.82 bits per heavy atom. The van der Waals surface area contributed by atoms with Crippen LogP contribution in [0.2, 0.25) is 0 Å². The molecule has 0 amide bonds. The maximum absolute atomic E-state index is 6.17. The predicted molar refractivity (Wildman–Crippen MR) is 173 cm³/mol. The number of fused-ring (bicyclic) bond motifs is 5. The Labute approximate surface area is 253 Å². The first-order chi connectivity index (χ1) is 21.5. The molecular formula is C38H26N4O2. The van der Waals surface area contributed by atoms with Crippen molar-refractivity contribution in [2.45, 2.75) is 19.3 Å². The highest BCUT2D eigenvalue weighted by Gasteiger charge is 2.35. The summed E-state index contributed by atoms with van der Waals surface area (Å²) in [6, 6.07) is 37.0. The van der Waals surface area contributed by atoms with Crippen molar-refractivity contribution >= 4 is 22.2 Å². The average molecular weight is 571 g/mol. The van der Waals surface area contributed by atoms with Crippen LogP contribution in [-0.4, -0.2) is 19.9 Å². The van der Waals surface area contributed by atoms with Crippen LogP contribution in [-0.2, 0) is 5.41 Å². The fourth-order valence-corrected chi connectivity index (χ4v) is 6.48. The molecule has 0 fully saturated rings. The highest BCUT2D eigenvalue weighted by molar-refractivity contribution is 5.84. The molecule has 1 N–H and O–H groups in total. The second-order valence-electron chi connectivity index (χ2n) is 11.8. The summed E-state index contributed by atoms with van der Waals surface area (Å²) in [7, 11) is 0. The molecule has 0 spiro atoms. The molecular weight excluding hydrogens is 544 g/mol. The lowest BCUT2D eigenvalue weighted by atomic mass is 9.82. The maximum Gasteiger partial charge on any atom is 0.227 e. The molecule has 0 aliphatic heterocycles. The number of benzene rings is 5. The topological polar surface area (TPSA) is 80.7 Å². The number of aromatic nitrogens is 4. The number of imidazole rings is 1. The summed E-state index contributed by atoms with van der Waals surface area (Å²) >= 11 is 0. The Balaban J connectivity index is 1.16. The highest BCUT2D eigenvalue weighted by atomic mass is 16.4. The van der Waals surface area contributed by atoms with E-state index in [9.17, 15) is 0 Å². The van der Waals surface area contributed by atoms with Crippen LogP contribution in [0.25, 0.3) is 78.9 Å². The molecule has 0 atom stereocenters. The van der Waals surface area contributed by atoms with E-state index in [1.807, 2.05) is 60.8 Å². The van der Waals surface area contributed by atoms with Crippen LogP contribution >= 0.6 is 0 Å². The highest BCUT2D eigenvalue weighted by Crippen LogP contribution is 2.49. The van der Waals surface area contributed by atoms with Crippen molar-refractivity contribution in [1.82, 2.24) is 19.9 Å². The van der Waals surface area contributed by atoms with E-state index in [4.69, 9.17) is 23.8 Å². The molecule has 210 valence electrons. The maximum atomic E-state index is 6.17. The second kappa shape index (κ2) is 9.12. The molecule has 1 aliphatic carbocycles. The molecule has 0 unspecified atom stereocenters. The van der Waals surface area contributed by atoms with Crippen molar-refractivity contribution in [1.29, 1.82) is 0 Å². The van der Waals surface area contributed by atoms with Crippen molar-refractivity contribution < 1.29 is 8.83 Å². The molecule has 0 saturated heterocycles. The van der Waals surface area contributed by atoms with Crippen LogP contribution in [0.3, 0.4) is 0 Å². The average Bonchev–Trinajstić information content (AvgIpc) is 3.85. The first kappa shape index (κ1) is 24.8. The number of nitrogens with zero attached hydrogens (tertiary/aromatic N) is 3. The second-order valence-corrected chi connectivity index (χ2v) is 11.8. The van der Waals surface area contributed by atoms with Crippen molar-refractivity contribution in [3.8, 4) is 56.7 Å². The minimum absolute atomic E-state index is 0.0836. The summed E-state index contributed by atoms with van der Waals surface area (Å²) < 4.78 is 12.3. The zero-order valence-electron chi connectivity index (χ0n) is 24.1. The number of nitrogens with one attached hydrogen (secondary N) is 1. The summed E-state index contributed by atoms with van der Waals surface area (Å²) in [5.41, 5.74) is 12.6. The van der Waals surface area contributed by atoms with Crippen LogP contribution in [0.5, 0.6) is 0 Å². The van der Waals surface area contributed by atoms with Gasteiger partial charge in [-0.2, -0.15) is 0 Å². The summed E-state index contributed by atoms with van der Waals surface area (Å²) in [5.74, 6) is 1.87. The Morgan fingerprint density at radius 1 is 0.545 bits per heavy atom. The zero-order chi connectivity index (χ0) is 29.4. The lowest BCUT2D eigenvalue weighted by Crippen LogP contribution is -2.14. The summed E-state index contributed by atoms with van der Waals surface area (Å²) in [4.78, 5) is 18.0. The number of H-pyrrole nitrogens is 1. The predicted octanol–water partition coefficient (Wildman–Crippen LogP) is 9.67. The monoisotopic (exact) mass is 570 g/mol. The standard InChI is InChI=1S/C38H26N4O2/c1-38(2)28-10-4-3-9-26(28)27-16-15-22(20-29(27)38)35-39-21-32(40-35)23-17-24(36-41-30-11-5-7-13-33(30)43-36)19-25(18-23)37-42-31-12-6-8-14-34(31)44-37/h3-21H,1-2H3,(H,39,40). The van der Waals surface area contributed by atoms with Gasteiger partial charge < -0.3 is 13.8 Å². The first-order valence-corrected chi connectivity index (χ1v) is 14.7. The van der Waals surface area contributed by atoms with Gasteiger partial charge in [-0.15, -0.1) is 0 Å². The molecule has 0 saturated carbocycles. The SMILES string of the molecule is CC1(C)c2ccccc2-c2ccc(-c3nc(-c4cc(-c5nc6ccccc6o5)cc(-c5nc6ccccc6o5)c4)c[nH]3)cc21. The summed E-state index contributed by atoms with van der Waals surface area (Å²) in [5, 5.41) is 0. The van der Waals surface area contributed by atoms with E-state index in [0.717, 1.165) is 56.0 Å². The number of hydrogen-bond acceptors (Lipinski definition) is 5. The number of aromatic amines is 1. The van der Waals surface area contributed by atoms with Gasteiger partial charge in [0.15, 0.2) is 11.2 Å². The van der Waals surface area contributed by atoms with Crippen LogP contribution < -0.4 is 0 Å². The minimum Gasteiger partial charge on any atom is -0.436 e. The van der Waals surface area contributed by atoms with Crippen LogP contribution in [0, 0.1) is 0 Å². The normalized spacial score (nSPS) is 13.4. The van der Waals surface area contributed by atoms with Crippen molar-refractivity contribution in [3.05, 3.63) is 127 Å². The summed E-state index contributed by atoms with van der Waals surface area (Å²) in [6.07, 6.45) is 1.95. The Hall–Kier alpha value is -5.75. The first-order valence-electron chi connectivity index (χ1n) is 14.7. The van der Waals surface area contributed by atoms with Crippen molar-refractivity contribution in [2.24, 2.45) is 0 Å². The fraction of sp³-hybridized carbons (Fsp3) is 0.0789. The third kappa shape index (κ3) is 3.77. The summed E-state index contributed by atoms with van der Waals surface area (Å²) in [6.45, 7) is 4.58. The van der Waals surface area contributed by atoms with Crippen molar-refractivity contribution in [2.75, 3.05) is 0 Å². The van der Waals surface area contributed by atoms with E-state index < -0.39 is 0 Å². The molecule has 6 heteroatoms. The van der Waals surface area contributed by atoms with Crippen LogP contribution in [0.1, 0.15) is 25.0 Å². The van der Waals surface area contributed by atoms with Gasteiger partial charge in [0.1, 0.15) is 16.9 Å². The third-order valence-corrected chi connectivity index (χ3v) is 8.75. The molecule has 3 aromatic heterocycles. The van der Waals surface area contributed by atoms with Gasteiger partial charge in [-0.25, -0.2) is 15.0 Å². The van der Waals surface area contributed by atoms with E-state index in [1.165, 1.54) is 22.3 Å². The van der Waals surface area contributed by atoms with Gasteiger partial charge in [-0.1, -0.05) is 74.5 Å². The van der Waals surface area contributed by atoms with Gasteiger partial charge in [0.2, 0.25) is 11.8 Å². The number of para-hydroxylation sites is 4. The molecule has 1 aliphatic rings. The molecule has 0 radical (unpaired) electrons. The van der Waals surface area contributed by atoms with Crippen LogP contribution in [0.4, 0.5) is 0 Å².